The van der Waals surface area contributed by atoms with Crippen LogP contribution in [0.1, 0.15) is 24.4 Å². The smallest absolute Gasteiger partial charge is 0.240 e. The first-order chi connectivity index (χ1) is 14.1. The molecule has 1 saturated heterocycles. The lowest BCUT2D eigenvalue weighted by Crippen LogP contribution is -2.34. The van der Waals surface area contributed by atoms with Crippen LogP contribution in [0.2, 0.25) is 0 Å². The summed E-state index contributed by atoms with van der Waals surface area (Å²) in [6, 6.07) is 12.8. The number of likely N-dealkylation sites (tertiary alicyclic amines) is 1. The normalized spacial score (nSPS) is 19.3. The van der Waals surface area contributed by atoms with Crippen LogP contribution in [0.15, 0.2) is 47.4 Å². The van der Waals surface area contributed by atoms with E-state index in [9.17, 15) is 8.42 Å². The minimum Gasteiger partial charge on any atom is -0.497 e. The second-order valence-electron chi connectivity index (χ2n) is 7.17. The highest BCUT2D eigenvalue weighted by molar-refractivity contribution is 7.89. The van der Waals surface area contributed by atoms with Crippen molar-refractivity contribution < 1.29 is 22.6 Å². The Kier molecular flexibility index (Phi) is 5.94. The van der Waals surface area contributed by atoms with Crippen LogP contribution in [0.4, 0.5) is 0 Å². The number of sulfonamides is 1. The summed E-state index contributed by atoms with van der Waals surface area (Å²) in [4.78, 5) is 2.53. The summed E-state index contributed by atoms with van der Waals surface area (Å²) in [6.07, 6.45) is 2.13. The molecule has 4 rings (SSSR count). The number of benzene rings is 2. The molecule has 156 valence electrons. The van der Waals surface area contributed by atoms with Gasteiger partial charge in [0, 0.05) is 25.2 Å². The molecule has 2 aliphatic heterocycles. The van der Waals surface area contributed by atoms with Gasteiger partial charge in [-0.15, -0.1) is 0 Å². The van der Waals surface area contributed by atoms with Gasteiger partial charge >= 0.3 is 0 Å². The Bertz CT molecular complexity index is 963. The van der Waals surface area contributed by atoms with Crippen molar-refractivity contribution in [1.29, 1.82) is 0 Å². The Morgan fingerprint density at radius 2 is 1.97 bits per heavy atom. The fourth-order valence-corrected chi connectivity index (χ4v) is 4.97. The van der Waals surface area contributed by atoms with Gasteiger partial charge < -0.3 is 14.2 Å². The molecule has 2 heterocycles. The zero-order valence-corrected chi connectivity index (χ0v) is 17.3. The molecule has 7 nitrogen and oxygen atoms in total. The van der Waals surface area contributed by atoms with E-state index in [0.717, 1.165) is 30.9 Å². The van der Waals surface area contributed by atoms with E-state index in [1.165, 1.54) is 18.7 Å². The fraction of sp³-hybridized carbons (Fsp3) is 0.429. The van der Waals surface area contributed by atoms with E-state index < -0.39 is 10.0 Å². The summed E-state index contributed by atoms with van der Waals surface area (Å²) in [5, 5.41) is 0. The maximum absolute atomic E-state index is 12.6. The van der Waals surface area contributed by atoms with Crippen LogP contribution in [-0.4, -0.2) is 53.3 Å². The average molecular weight is 419 g/mol. The third-order valence-corrected chi connectivity index (χ3v) is 6.82. The van der Waals surface area contributed by atoms with Gasteiger partial charge in [0.1, 0.15) is 19.0 Å². The zero-order chi connectivity index (χ0) is 20.3. The molecule has 8 heteroatoms. The monoisotopic (exact) mass is 418 g/mol. The minimum absolute atomic E-state index is 0.210. The van der Waals surface area contributed by atoms with E-state index in [-0.39, 0.29) is 10.9 Å². The molecule has 2 aromatic rings. The van der Waals surface area contributed by atoms with E-state index in [1.807, 2.05) is 6.07 Å². The van der Waals surface area contributed by atoms with Crippen LogP contribution >= 0.6 is 0 Å². The molecule has 0 aliphatic carbocycles. The topological polar surface area (TPSA) is 77.1 Å². The molecule has 1 fully saturated rings. The predicted octanol–water partition coefficient (Wildman–Crippen LogP) is 2.58. The molecule has 1 N–H and O–H groups in total. The van der Waals surface area contributed by atoms with Crippen LogP contribution in [0, 0.1) is 0 Å². The number of methoxy groups -OCH3 is 1. The number of ether oxygens (including phenoxy) is 3. The van der Waals surface area contributed by atoms with Crippen molar-refractivity contribution in [2.24, 2.45) is 0 Å². The molecular weight excluding hydrogens is 392 g/mol. The molecular formula is C21H26N2O5S. The maximum Gasteiger partial charge on any atom is 0.240 e. The quantitative estimate of drug-likeness (QED) is 0.745. The van der Waals surface area contributed by atoms with Crippen LogP contribution < -0.4 is 18.9 Å². The molecule has 0 aromatic heterocycles. The van der Waals surface area contributed by atoms with Crippen molar-refractivity contribution >= 4 is 10.0 Å². The van der Waals surface area contributed by atoms with Crippen molar-refractivity contribution in [3.05, 3.63) is 48.0 Å². The first-order valence-electron chi connectivity index (χ1n) is 9.84. The van der Waals surface area contributed by atoms with Crippen LogP contribution in [0.3, 0.4) is 0 Å². The minimum atomic E-state index is -3.57. The van der Waals surface area contributed by atoms with Crippen molar-refractivity contribution in [2.45, 2.75) is 23.8 Å². The Morgan fingerprint density at radius 3 is 2.79 bits per heavy atom. The van der Waals surface area contributed by atoms with E-state index >= 15 is 0 Å². The lowest BCUT2D eigenvalue weighted by atomic mass is 10.0. The molecule has 1 unspecified atom stereocenters. The van der Waals surface area contributed by atoms with Crippen molar-refractivity contribution in [3.8, 4) is 17.2 Å². The first-order valence-corrected chi connectivity index (χ1v) is 11.3. The molecule has 2 aromatic carbocycles. The molecule has 2 aliphatic rings. The van der Waals surface area contributed by atoms with Crippen molar-refractivity contribution in [1.82, 2.24) is 9.62 Å². The number of nitrogens with one attached hydrogen (secondary N) is 1. The van der Waals surface area contributed by atoms with Gasteiger partial charge in [-0.25, -0.2) is 13.1 Å². The summed E-state index contributed by atoms with van der Waals surface area (Å²) in [7, 11) is -2.05. The maximum atomic E-state index is 12.6. The third-order valence-electron chi connectivity index (χ3n) is 5.36. The van der Waals surface area contributed by atoms with Gasteiger partial charge in [0.15, 0.2) is 11.5 Å². The third kappa shape index (κ3) is 4.49. The molecule has 0 amide bonds. The van der Waals surface area contributed by atoms with Gasteiger partial charge in [-0.1, -0.05) is 12.1 Å². The lowest BCUT2D eigenvalue weighted by molar-refractivity contribution is 0.170. The van der Waals surface area contributed by atoms with Gasteiger partial charge in [0.2, 0.25) is 10.0 Å². The summed E-state index contributed by atoms with van der Waals surface area (Å²) in [5.41, 5.74) is 1.18. The van der Waals surface area contributed by atoms with Crippen molar-refractivity contribution in [3.63, 3.8) is 0 Å². The number of rotatable bonds is 7. The fourth-order valence-electron chi connectivity index (χ4n) is 3.91. The summed E-state index contributed by atoms with van der Waals surface area (Å²) >= 11 is 0. The van der Waals surface area contributed by atoms with Crippen LogP contribution in [-0.2, 0) is 10.0 Å². The highest BCUT2D eigenvalue weighted by Gasteiger charge is 2.27. The molecule has 0 spiro atoms. The van der Waals surface area contributed by atoms with Crippen LogP contribution in [0.25, 0.3) is 0 Å². The van der Waals surface area contributed by atoms with Crippen LogP contribution in [0.5, 0.6) is 17.2 Å². The predicted molar refractivity (Wildman–Crippen MR) is 109 cm³/mol. The van der Waals surface area contributed by atoms with Crippen molar-refractivity contribution in [2.75, 3.05) is 40.0 Å². The Hall–Kier alpha value is -2.29. The summed E-state index contributed by atoms with van der Waals surface area (Å²) in [6.45, 7) is 3.08. The van der Waals surface area contributed by atoms with Gasteiger partial charge in [0.25, 0.3) is 0 Å². The van der Waals surface area contributed by atoms with Gasteiger partial charge in [-0.05, 0) is 49.2 Å². The second-order valence-corrected chi connectivity index (χ2v) is 8.94. The van der Waals surface area contributed by atoms with E-state index in [2.05, 4.69) is 21.8 Å². The molecule has 1 atom stereocenters. The lowest BCUT2D eigenvalue weighted by Gasteiger charge is -2.26. The molecule has 0 bridgehead atoms. The van der Waals surface area contributed by atoms with E-state index in [1.54, 1.807) is 18.2 Å². The largest absolute Gasteiger partial charge is 0.497 e. The molecule has 29 heavy (non-hydrogen) atoms. The molecule has 0 radical (unpaired) electrons. The van der Waals surface area contributed by atoms with Gasteiger partial charge in [-0.2, -0.15) is 0 Å². The standard InChI is InChI=1S/C21H26N2O5S/c1-26-17-4-2-5-18(15-17)29(24,25)22-9-11-23-10-3-6-19(23)16-7-8-20-21(14-16)28-13-12-27-20/h2,4-5,7-8,14-15,19,22H,3,6,9-13H2,1H3. The van der Waals surface area contributed by atoms with Gasteiger partial charge in [0.05, 0.1) is 12.0 Å². The second kappa shape index (κ2) is 8.61. The average Bonchev–Trinajstić information content (AvgIpc) is 3.22. The number of nitrogens with zero attached hydrogens (tertiary/aromatic N) is 1. The number of hydrogen-bond acceptors (Lipinski definition) is 6. The highest BCUT2D eigenvalue weighted by atomic mass is 32.2. The zero-order valence-electron chi connectivity index (χ0n) is 16.5. The van der Waals surface area contributed by atoms with E-state index in [4.69, 9.17) is 14.2 Å². The highest BCUT2D eigenvalue weighted by Crippen LogP contribution is 2.37. The summed E-state index contributed by atoms with van der Waals surface area (Å²) < 4.78 is 44.3. The Balaban J connectivity index is 1.39. The Morgan fingerprint density at radius 1 is 1.14 bits per heavy atom. The number of fused-ring (bicyclic) bond motifs is 1. The number of hydrogen-bond donors (Lipinski definition) is 1. The molecule has 0 saturated carbocycles. The van der Waals surface area contributed by atoms with Gasteiger partial charge in [-0.3, -0.25) is 4.90 Å². The Labute approximate surface area is 171 Å². The summed E-state index contributed by atoms with van der Waals surface area (Å²) in [5.74, 6) is 2.10. The SMILES string of the molecule is COc1cccc(S(=O)(=O)NCCN2CCCC2c2ccc3c(c2)OCCO3)c1. The first kappa shape index (κ1) is 20.0. The van der Waals surface area contributed by atoms with E-state index in [0.29, 0.717) is 32.1 Å².